The number of ether oxygens (including phenoxy) is 1. The van der Waals surface area contributed by atoms with E-state index in [2.05, 4.69) is 0 Å². The zero-order chi connectivity index (χ0) is 15.9. The van der Waals surface area contributed by atoms with Crippen LogP contribution in [0, 0.1) is 25.7 Å². The van der Waals surface area contributed by atoms with Crippen molar-refractivity contribution in [1.82, 2.24) is 0 Å². The van der Waals surface area contributed by atoms with Crippen molar-refractivity contribution in [3.8, 4) is 0 Å². The summed E-state index contributed by atoms with van der Waals surface area (Å²) in [6.45, 7) is 7.73. The Kier molecular flexibility index (Phi) is 2.41. The number of aryl methyl sites for hydroxylation is 2. The van der Waals surface area contributed by atoms with Crippen LogP contribution >= 0.6 is 0 Å². The fourth-order valence-electron chi connectivity index (χ4n) is 4.32. The molecule has 2 amide bonds. The summed E-state index contributed by atoms with van der Waals surface area (Å²) in [7, 11) is 0. The van der Waals surface area contributed by atoms with Crippen LogP contribution in [0.4, 0.5) is 5.69 Å². The highest BCUT2D eigenvalue weighted by Gasteiger charge is 2.70. The standard InChI is InChI=1S/C18H19NO3/c1-10-5-6-12(11(2)9-10)19-15(20)13-14(16(19)21)18(4)8-7-17(13,3)22-18/h5-9,13-14H,1-4H3/t13-,14-,17-,18-/m1/s1. The number of fused-ring (bicyclic) bond motifs is 5. The van der Waals surface area contributed by atoms with Gasteiger partial charge in [0.15, 0.2) is 0 Å². The number of hydrogen-bond acceptors (Lipinski definition) is 3. The van der Waals surface area contributed by atoms with Crippen LogP contribution in [-0.2, 0) is 14.3 Å². The van der Waals surface area contributed by atoms with E-state index < -0.39 is 23.0 Å². The molecular weight excluding hydrogens is 278 g/mol. The molecule has 4 atom stereocenters. The van der Waals surface area contributed by atoms with E-state index in [1.165, 1.54) is 4.90 Å². The van der Waals surface area contributed by atoms with Crippen molar-refractivity contribution in [2.24, 2.45) is 11.8 Å². The Bertz CT molecular complexity index is 717. The van der Waals surface area contributed by atoms with Gasteiger partial charge in [0.05, 0.1) is 28.7 Å². The van der Waals surface area contributed by atoms with Crippen LogP contribution in [-0.4, -0.2) is 23.0 Å². The molecule has 0 aliphatic carbocycles. The van der Waals surface area contributed by atoms with E-state index in [4.69, 9.17) is 4.74 Å². The van der Waals surface area contributed by atoms with E-state index in [0.29, 0.717) is 5.69 Å². The minimum atomic E-state index is -0.667. The number of anilines is 1. The first-order chi connectivity index (χ1) is 10.3. The fourth-order valence-corrected chi connectivity index (χ4v) is 4.32. The van der Waals surface area contributed by atoms with E-state index in [-0.39, 0.29) is 11.8 Å². The van der Waals surface area contributed by atoms with E-state index in [1.54, 1.807) is 0 Å². The first kappa shape index (κ1) is 13.7. The molecule has 2 fully saturated rings. The lowest BCUT2D eigenvalue weighted by atomic mass is 9.73. The summed E-state index contributed by atoms with van der Waals surface area (Å²) in [6, 6.07) is 5.79. The third-order valence-electron chi connectivity index (χ3n) is 5.32. The molecule has 0 spiro atoms. The minimum absolute atomic E-state index is 0.141. The Morgan fingerprint density at radius 2 is 1.55 bits per heavy atom. The van der Waals surface area contributed by atoms with Gasteiger partial charge in [-0.15, -0.1) is 0 Å². The van der Waals surface area contributed by atoms with Crippen molar-refractivity contribution >= 4 is 17.5 Å². The molecule has 2 saturated heterocycles. The van der Waals surface area contributed by atoms with Gasteiger partial charge in [0.1, 0.15) is 0 Å². The summed E-state index contributed by atoms with van der Waals surface area (Å²) in [6.07, 6.45) is 3.87. The topological polar surface area (TPSA) is 46.6 Å². The predicted octanol–water partition coefficient (Wildman–Crippen LogP) is 2.53. The zero-order valence-electron chi connectivity index (χ0n) is 13.2. The fraction of sp³-hybridized carbons (Fsp3) is 0.444. The third kappa shape index (κ3) is 1.46. The summed E-state index contributed by atoms with van der Waals surface area (Å²) in [5.41, 5.74) is 1.42. The van der Waals surface area contributed by atoms with E-state index >= 15 is 0 Å². The van der Waals surface area contributed by atoms with Gasteiger partial charge in [-0.1, -0.05) is 29.8 Å². The maximum absolute atomic E-state index is 13.0. The molecule has 3 aliphatic heterocycles. The van der Waals surface area contributed by atoms with Crippen LogP contribution < -0.4 is 4.90 Å². The maximum atomic E-state index is 13.0. The number of rotatable bonds is 1. The van der Waals surface area contributed by atoms with Gasteiger partial charge in [0, 0.05) is 0 Å². The molecule has 0 aromatic heterocycles. The number of nitrogens with zero attached hydrogens (tertiary/aromatic N) is 1. The van der Waals surface area contributed by atoms with Crippen molar-refractivity contribution in [2.75, 3.05) is 4.90 Å². The molecule has 3 heterocycles. The van der Waals surface area contributed by atoms with Gasteiger partial charge in [-0.25, -0.2) is 4.90 Å². The summed E-state index contributed by atoms with van der Waals surface area (Å²) >= 11 is 0. The highest BCUT2D eigenvalue weighted by atomic mass is 16.5. The number of carbonyl (C=O) groups excluding carboxylic acids is 2. The molecule has 1 aromatic rings. The molecule has 2 bridgehead atoms. The SMILES string of the molecule is Cc1ccc(N2C(=O)[C@H]3[C@H](C2=O)[C@@]2(C)C=C[C@@]3(C)O2)c(C)c1. The van der Waals surface area contributed by atoms with Gasteiger partial charge in [0.2, 0.25) is 11.8 Å². The third-order valence-corrected chi connectivity index (χ3v) is 5.32. The minimum Gasteiger partial charge on any atom is -0.359 e. The number of carbonyl (C=O) groups is 2. The van der Waals surface area contributed by atoms with Crippen LogP contribution in [0.15, 0.2) is 30.4 Å². The largest absolute Gasteiger partial charge is 0.359 e. The lowest BCUT2D eigenvalue weighted by molar-refractivity contribution is -0.128. The second-order valence-electron chi connectivity index (χ2n) is 7.06. The number of benzene rings is 1. The van der Waals surface area contributed by atoms with Crippen LogP contribution in [0.25, 0.3) is 0 Å². The normalized spacial score (nSPS) is 39.0. The van der Waals surface area contributed by atoms with Gasteiger partial charge < -0.3 is 4.74 Å². The monoisotopic (exact) mass is 297 g/mol. The zero-order valence-corrected chi connectivity index (χ0v) is 13.2. The van der Waals surface area contributed by atoms with Crippen LogP contribution in [0.2, 0.25) is 0 Å². The quantitative estimate of drug-likeness (QED) is 0.591. The summed E-state index contributed by atoms with van der Waals surface area (Å²) in [5.74, 6) is -1.12. The van der Waals surface area contributed by atoms with Gasteiger partial charge in [-0.05, 0) is 39.3 Å². The van der Waals surface area contributed by atoms with Crippen molar-refractivity contribution in [3.05, 3.63) is 41.5 Å². The Hall–Kier alpha value is -1.94. The molecule has 1 aromatic carbocycles. The van der Waals surface area contributed by atoms with Crippen LogP contribution in [0.5, 0.6) is 0 Å². The average molecular weight is 297 g/mol. The van der Waals surface area contributed by atoms with Crippen molar-refractivity contribution in [3.63, 3.8) is 0 Å². The molecule has 114 valence electrons. The van der Waals surface area contributed by atoms with Gasteiger partial charge in [-0.2, -0.15) is 0 Å². The van der Waals surface area contributed by atoms with Gasteiger partial charge in [0.25, 0.3) is 0 Å². The molecule has 3 aliphatic rings. The van der Waals surface area contributed by atoms with Gasteiger partial charge >= 0.3 is 0 Å². The summed E-state index contributed by atoms with van der Waals surface area (Å²) in [4.78, 5) is 27.3. The Morgan fingerprint density at radius 3 is 2.05 bits per heavy atom. The Labute approximate surface area is 129 Å². The molecule has 0 saturated carbocycles. The van der Waals surface area contributed by atoms with Crippen molar-refractivity contribution in [2.45, 2.75) is 38.9 Å². The molecule has 0 N–H and O–H groups in total. The number of amides is 2. The second-order valence-corrected chi connectivity index (χ2v) is 7.06. The predicted molar refractivity (Wildman–Crippen MR) is 82.4 cm³/mol. The molecule has 0 radical (unpaired) electrons. The van der Waals surface area contributed by atoms with Gasteiger partial charge in [-0.3, -0.25) is 9.59 Å². The van der Waals surface area contributed by atoms with Crippen LogP contribution in [0.1, 0.15) is 25.0 Å². The Morgan fingerprint density at radius 1 is 1.00 bits per heavy atom. The second kappa shape index (κ2) is 3.87. The first-order valence-electron chi connectivity index (χ1n) is 7.62. The van der Waals surface area contributed by atoms with Crippen LogP contribution in [0.3, 0.4) is 0 Å². The summed E-state index contributed by atoms with van der Waals surface area (Å²) in [5, 5.41) is 0. The first-order valence-corrected chi connectivity index (χ1v) is 7.62. The van der Waals surface area contributed by atoms with Crippen molar-refractivity contribution < 1.29 is 14.3 Å². The lowest BCUT2D eigenvalue weighted by Gasteiger charge is -2.26. The molecule has 22 heavy (non-hydrogen) atoms. The average Bonchev–Trinajstić information content (AvgIpc) is 2.97. The molecular formula is C18H19NO3. The number of imide groups is 1. The molecule has 0 unspecified atom stereocenters. The molecule has 4 rings (SSSR count). The van der Waals surface area contributed by atoms with Crippen molar-refractivity contribution in [1.29, 1.82) is 0 Å². The smallest absolute Gasteiger partial charge is 0.241 e. The maximum Gasteiger partial charge on any atom is 0.241 e. The molecule has 4 heteroatoms. The van der Waals surface area contributed by atoms with E-state index in [0.717, 1.165) is 11.1 Å². The highest BCUT2D eigenvalue weighted by molar-refractivity contribution is 6.23. The summed E-state index contributed by atoms with van der Waals surface area (Å²) < 4.78 is 6.01. The van der Waals surface area contributed by atoms with E-state index in [1.807, 2.05) is 58.0 Å². The highest BCUT2D eigenvalue weighted by Crippen LogP contribution is 2.57. The Balaban J connectivity index is 1.83. The number of hydrogen-bond donors (Lipinski definition) is 0. The lowest BCUT2D eigenvalue weighted by Crippen LogP contribution is -2.39. The molecule has 4 nitrogen and oxygen atoms in total. The van der Waals surface area contributed by atoms with E-state index in [9.17, 15) is 9.59 Å².